The molecule has 2 aromatic carbocycles. The number of hydrogen-bond donors (Lipinski definition) is 2. The maximum absolute atomic E-state index is 13.2. The fourth-order valence-corrected chi connectivity index (χ4v) is 2.83. The van der Waals surface area contributed by atoms with Crippen molar-refractivity contribution in [2.24, 2.45) is 5.84 Å². The minimum atomic E-state index is -0.216. The summed E-state index contributed by atoms with van der Waals surface area (Å²) < 4.78 is 14.4. The Kier molecular flexibility index (Phi) is 4.90. The van der Waals surface area contributed by atoms with Crippen molar-refractivity contribution in [1.82, 2.24) is 5.43 Å². The Hall–Kier alpha value is -0.980. The van der Waals surface area contributed by atoms with E-state index < -0.39 is 0 Å². The Morgan fingerprint density at radius 3 is 2.68 bits per heavy atom. The van der Waals surface area contributed by atoms with Crippen LogP contribution in [0.4, 0.5) is 4.39 Å². The van der Waals surface area contributed by atoms with Crippen molar-refractivity contribution in [3.8, 4) is 0 Å². The van der Waals surface area contributed by atoms with E-state index in [4.69, 9.17) is 5.84 Å². The van der Waals surface area contributed by atoms with Crippen molar-refractivity contribution in [3.63, 3.8) is 0 Å². The molecular formula is C15H16FIN2. The number of nitrogens with two attached hydrogens (primary N) is 1. The molecule has 1 unspecified atom stereocenters. The van der Waals surface area contributed by atoms with E-state index in [2.05, 4.69) is 47.1 Å². The van der Waals surface area contributed by atoms with Crippen LogP contribution in [0.5, 0.6) is 0 Å². The lowest BCUT2D eigenvalue weighted by atomic mass is 9.98. The molecule has 0 aromatic heterocycles. The summed E-state index contributed by atoms with van der Waals surface area (Å²) >= 11 is 2.32. The molecule has 0 radical (unpaired) electrons. The minimum absolute atomic E-state index is 0.0198. The minimum Gasteiger partial charge on any atom is -0.271 e. The van der Waals surface area contributed by atoms with E-state index in [0.29, 0.717) is 6.42 Å². The molecule has 0 saturated carbocycles. The third-order valence-electron chi connectivity index (χ3n) is 3.13. The fraction of sp³-hybridized carbons (Fsp3) is 0.200. The van der Waals surface area contributed by atoms with Crippen LogP contribution in [0.1, 0.15) is 22.7 Å². The van der Waals surface area contributed by atoms with Gasteiger partial charge in [0.15, 0.2) is 0 Å². The average molecular weight is 370 g/mol. The predicted molar refractivity (Wildman–Crippen MR) is 84.1 cm³/mol. The lowest BCUT2D eigenvalue weighted by Crippen LogP contribution is -2.30. The van der Waals surface area contributed by atoms with Crippen LogP contribution >= 0.6 is 22.6 Å². The molecule has 0 aliphatic heterocycles. The maximum Gasteiger partial charge on any atom is 0.123 e. The molecule has 0 heterocycles. The molecule has 1 atom stereocenters. The van der Waals surface area contributed by atoms with Gasteiger partial charge in [-0.2, -0.15) is 0 Å². The van der Waals surface area contributed by atoms with Gasteiger partial charge in [-0.25, -0.2) is 4.39 Å². The van der Waals surface area contributed by atoms with Crippen LogP contribution in [0.25, 0.3) is 0 Å². The quantitative estimate of drug-likeness (QED) is 0.491. The molecule has 2 nitrogen and oxygen atoms in total. The molecule has 3 N–H and O–H groups in total. The van der Waals surface area contributed by atoms with Gasteiger partial charge in [0.1, 0.15) is 5.82 Å². The van der Waals surface area contributed by atoms with Gasteiger partial charge in [-0.1, -0.05) is 30.3 Å². The van der Waals surface area contributed by atoms with Crippen LogP contribution in [-0.4, -0.2) is 0 Å². The summed E-state index contributed by atoms with van der Waals surface area (Å²) in [7, 11) is 0. The van der Waals surface area contributed by atoms with Crippen molar-refractivity contribution >= 4 is 22.6 Å². The second kappa shape index (κ2) is 6.45. The molecule has 0 saturated heterocycles. The Balaban J connectivity index is 2.28. The highest BCUT2D eigenvalue weighted by Crippen LogP contribution is 2.25. The van der Waals surface area contributed by atoms with Crippen LogP contribution in [0.2, 0.25) is 0 Å². The zero-order chi connectivity index (χ0) is 13.8. The summed E-state index contributed by atoms with van der Waals surface area (Å²) in [5.41, 5.74) is 6.12. The van der Waals surface area contributed by atoms with Crippen LogP contribution < -0.4 is 11.3 Å². The zero-order valence-electron chi connectivity index (χ0n) is 10.7. The molecule has 2 aromatic rings. The number of halogens is 2. The number of benzene rings is 2. The van der Waals surface area contributed by atoms with Gasteiger partial charge in [-0.3, -0.25) is 11.3 Å². The number of aryl methyl sites for hydroxylation is 1. The first-order chi connectivity index (χ1) is 9.11. The monoisotopic (exact) mass is 370 g/mol. The molecule has 0 fully saturated rings. The average Bonchev–Trinajstić information content (AvgIpc) is 2.40. The molecule has 100 valence electrons. The summed E-state index contributed by atoms with van der Waals surface area (Å²) in [6.45, 7) is 2.07. The van der Waals surface area contributed by atoms with Crippen molar-refractivity contribution in [3.05, 3.63) is 68.5 Å². The van der Waals surface area contributed by atoms with Gasteiger partial charge in [0.25, 0.3) is 0 Å². The van der Waals surface area contributed by atoms with E-state index in [9.17, 15) is 4.39 Å². The first kappa shape index (κ1) is 14.4. The van der Waals surface area contributed by atoms with Crippen molar-refractivity contribution in [2.45, 2.75) is 19.4 Å². The molecule has 0 bridgehead atoms. The lowest BCUT2D eigenvalue weighted by molar-refractivity contribution is 0.546. The van der Waals surface area contributed by atoms with Gasteiger partial charge in [0.05, 0.1) is 6.04 Å². The van der Waals surface area contributed by atoms with Crippen LogP contribution in [-0.2, 0) is 6.42 Å². The molecule has 2 rings (SSSR count). The summed E-state index contributed by atoms with van der Waals surface area (Å²) in [6, 6.07) is 12.8. The van der Waals surface area contributed by atoms with Crippen molar-refractivity contribution in [2.75, 3.05) is 0 Å². The van der Waals surface area contributed by atoms with Crippen molar-refractivity contribution in [1.29, 1.82) is 0 Å². The summed E-state index contributed by atoms with van der Waals surface area (Å²) in [6.07, 6.45) is 0.660. The predicted octanol–water partition coefficient (Wildman–Crippen LogP) is 3.49. The van der Waals surface area contributed by atoms with E-state index in [-0.39, 0.29) is 11.9 Å². The maximum atomic E-state index is 13.2. The smallest absolute Gasteiger partial charge is 0.123 e. The third kappa shape index (κ3) is 3.52. The van der Waals surface area contributed by atoms with E-state index in [0.717, 1.165) is 11.1 Å². The van der Waals surface area contributed by atoms with Crippen LogP contribution in [0.3, 0.4) is 0 Å². The highest BCUT2D eigenvalue weighted by atomic mass is 127. The molecule has 19 heavy (non-hydrogen) atoms. The largest absolute Gasteiger partial charge is 0.271 e. The molecule has 0 aliphatic carbocycles. The first-order valence-electron chi connectivity index (χ1n) is 6.07. The number of rotatable bonds is 4. The van der Waals surface area contributed by atoms with Gasteiger partial charge in [-0.15, -0.1) is 0 Å². The molecule has 0 spiro atoms. The molecule has 4 heteroatoms. The number of hydrazine groups is 1. The van der Waals surface area contributed by atoms with Crippen molar-refractivity contribution < 1.29 is 4.39 Å². The van der Waals surface area contributed by atoms with E-state index >= 15 is 0 Å². The Bertz CT molecular complexity index is 572. The Morgan fingerprint density at radius 1 is 1.26 bits per heavy atom. The first-order valence-corrected chi connectivity index (χ1v) is 7.15. The van der Waals surface area contributed by atoms with Gasteiger partial charge >= 0.3 is 0 Å². The normalized spacial score (nSPS) is 12.4. The van der Waals surface area contributed by atoms with Gasteiger partial charge in [0, 0.05) is 3.57 Å². The summed E-state index contributed by atoms with van der Waals surface area (Å²) in [5, 5.41) is 0. The van der Waals surface area contributed by atoms with E-state index in [1.165, 1.54) is 15.2 Å². The topological polar surface area (TPSA) is 38.0 Å². The SMILES string of the molecule is Cc1cccc(C(Cc2cccc(F)c2)NN)c1I. The van der Waals surface area contributed by atoms with Gasteiger partial charge in [0.2, 0.25) is 0 Å². The van der Waals surface area contributed by atoms with Crippen LogP contribution in [0, 0.1) is 16.3 Å². The lowest BCUT2D eigenvalue weighted by Gasteiger charge is -2.19. The third-order valence-corrected chi connectivity index (χ3v) is 4.60. The Labute approximate surface area is 126 Å². The molecule has 0 aliphatic rings. The van der Waals surface area contributed by atoms with E-state index in [1.54, 1.807) is 12.1 Å². The Morgan fingerprint density at radius 2 is 2.00 bits per heavy atom. The standard InChI is InChI=1S/C15H16FIN2/c1-10-4-2-7-13(15(10)17)14(19-18)9-11-5-3-6-12(16)8-11/h2-8,14,19H,9,18H2,1H3. The van der Waals surface area contributed by atoms with E-state index in [1.807, 2.05) is 12.1 Å². The summed E-state index contributed by atoms with van der Waals surface area (Å²) in [5.74, 6) is 5.45. The van der Waals surface area contributed by atoms with Crippen LogP contribution in [0.15, 0.2) is 42.5 Å². The zero-order valence-corrected chi connectivity index (χ0v) is 12.8. The number of nitrogens with one attached hydrogen (secondary N) is 1. The second-order valence-corrected chi connectivity index (χ2v) is 5.61. The highest BCUT2D eigenvalue weighted by molar-refractivity contribution is 14.1. The van der Waals surface area contributed by atoms with Gasteiger partial charge < -0.3 is 0 Å². The molecule has 0 amide bonds. The number of hydrogen-bond acceptors (Lipinski definition) is 2. The highest BCUT2D eigenvalue weighted by Gasteiger charge is 2.14. The second-order valence-electron chi connectivity index (χ2n) is 4.53. The van der Waals surface area contributed by atoms with Gasteiger partial charge in [-0.05, 0) is 64.8 Å². The fourth-order valence-electron chi connectivity index (χ4n) is 2.10. The molecular weight excluding hydrogens is 354 g/mol. The summed E-state index contributed by atoms with van der Waals surface area (Å²) in [4.78, 5) is 0.